The Morgan fingerprint density at radius 1 is 1.36 bits per heavy atom. The molecule has 1 aromatic carbocycles. The Bertz CT molecular complexity index is 351. The Morgan fingerprint density at radius 3 is 2.36 bits per heavy atom. The third kappa shape index (κ3) is 2.60. The predicted molar refractivity (Wildman–Crippen MR) is 59.8 cm³/mol. The van der Waals surface area contributed by atoms with E-state index in [0.717, 1.165) is 6.07 Å². The molecule has 0 atom stereocenters. The number of halogens is 5. The normalized spacial score (nSPS) is 11.9. The first-order valence-electron chi connectivity index (χ1n) is 3.61. The van der Waals surface area contributed by atoms with Gasteiger partial charge >= 0.3 is 6.18 Å². The Balaban J connectivity index is 3.32. The Hall–Kier alpha value is 0.180. The highest BCUT2D eigenvalue weighted by Gasteiger charge is 2.33. The lowest BCUT2D eigenvalue weighted by Gasteiger charge is -2.11. The van der Waals surface area contributed by atoms with Gasteiger partial charge in [-0.1, -0.05) is 15.9 Å². The van der Waals surface area contributed by atoms with Gasteiger partial charge in [0.2, 0.25) is 0 Å². The van der Waals surface area contributed by atoms with Crippen LogP contribution < -0.4 is 5.73 Å². The Morgan fingerprint density at radius 2 is 1.93 bits per heavy atom. The summed E-state index contributed by atoms with van der Waals surface area (Å²) >= 11 is 4.81. The lowest BCUT2D eigenvalue weighted by Crippen LogP contribution is -2.10. The topological polar surface area (TPSA) is 26.0 Å². The largest absolute Gasteiger partial charge is 0.417 e. The molecule has 0 bridgehead atoms. The molecule has 0 aliphatic heterocycles. The van der Waals surface area contributed by atoms with E-state index < -0.39 is 11.7 Å². The van der Waals surface area contributed by atoms with Crippen molar-refractivity contribution in [2.75, 3.05) is 0 Å². The minimum absolute atomic E-state index is 0.0839. The molecule has 0 saturated heterocycles. The second-order valence-electron chi connectivity index (χ2n) is 2.63. The first-order valence-corrected chi connectivity index (χ1v) is 5.48. The van der Waals surface area contributed by atoms with Crippen LogP contribution in [0.25, 0.3) is 0 Å². The molecular formula is C8H6BrF3IN. The van der Waals surface area contributed by atoms with Crippen LogP contribution in [0, 0.1) is 3.57 Å². The van der Waals surface area contributed by atoms with E-state index in [0.29, 0.717) is 10.0 Å². The van der Waals surface area contributed by atoms with Crippen molar-refractivity contribution in [3.8, 4) is 0 Å². The van der Waals surface area contributed by atoms with Crippen LogP contribution in [0.4, 0.5) is 13.2 Å². The van der Waals surface area contributed by atoms with Crippen LogP contribution in [-0.4, -0.2) is 0 Å². The smallest absolute Gasteiger partial charge is 0.326 e. The van der Waals surface area contributed by atoms with Gasteiger partial charge in [-0.15, -0.1) is 0 Å². The van der Waals surface area contributed by atoms with Crippen molar-refractivity contribution in [1.29, 1.82) is 0 Å². The maximum Gasteiger partial charge on any atom is 0.417 e. The summed E-state index contributed by atoms with van der Waals surface area (Å²) in [6, 6.07) is 2.50. The molecule has 0 heterocycles. The van der Waals surface area contributed by atoms with Gasteiger partial charge in [0, 0.05) is 14.6 Å². The van der Waals surface area contributed by atoms with Crippen molar-refractivity contribution in [2.24, 2.45) is 5.73 Å². The molecule has 0 aromatic heterocycles. The Labute approximate surface area is 101 Å². The summed E-state index contributed by atoms with van der Waals surface area (Å²) in [5.41, 5.74) is 5.13. The number of nitrogens with two attached hydrogens (primary N) is 1. The van der Waals surface area contributed by atoms with Crippen LogP contribution in [-0.2, 0) is 12.7 Å². The van der Waals surface area contributed by atoms with Gasteiger partial charge in [0.1, 0.15) is 0 Å². The second-order valence-corrected chi connectivity index (χ2v) is 4.64. The molecule has 0 fully saturated rings. The molecule has 0 aliphatic carbocycles. The molecule has 14 heavy (non-hydrogen) atoms. The average molecular weight is 380 g/mol. The highest BCUT2D eigenvalue weighted by atomic mass is 127. The quantitative estimate of drug-likeness (QED) is 0.742. The molecule has 1 rings (SSSR count). The van der Waals surface area contributed by atoms with Gasteiger partial charge in [0.05, 0.1) is 5.56 Å². The molecule has 0 spiro atoms. The minimum Gasteiger partial charge on any atom is -0.326 e. The van der Waals surface area contributed by atoms with E-state index in [1.807, 2.05) is 0 Å². The lowest BCUT2D eigenvalue weighted by atomic mass is 10.1. The summed E-state index contributed by atoms with van der Waals surface area (Å²) in [6.45, 7) is 0.0839. The maximum absolute atomic E-state index is 12.4. The van der Waals surface area contributed by atoms with Gasteiger partial charge in [-0.2, -0.15) is 13.2 Å². The molecule has 0 amide bonds. The molecule has 0 saturated carbocycles. The SMILES string of the molecule is NCc1cc(C(F)(F)F)c(I)cc1Br. The summed E-state index contributed by atoms with van der Waals surface area (Å²) in [5.74, 6) is 0. The van der Waals surface area contributed by atoms with E-state index in [1.54, 1.807) is 22.6 Å². The molecular weight excluding hydrogens is 374 g/mol. The van der Waals surface area contributed by atoms with Gasteiger partial charge < -0.3 is 5.73 Å². The second kappa shape index (κ2) is 4.36. The lowest BCUT2D eigenvalue weighted by molar-refractivity contribution is -0.138. The van der Waals surface area contributed by atoms with Gasteiger partial charge in [-0.05, 0) is 40.3 Å². The molecule has 0 radical (unpaired) electrons. The van der Waals surface area contributed by atoms with Crippen molar-refractivity contribution in [1.82, 2.24) is 0 Å². The highest BCUT2D eigenvalue weighted by Crippen LogP contribution is 2.35. The van der Waals surface area contributed by atoms with Gasteiger partial charge in [-0.3, -0.25) is 0 Å². The summed E-state index contributed by atoms with van der Waals surface area (Å²) in [5, 5.41) is 0. The molecule has 78 valence electrons. The van der Waals surface area contributed by atoms with E-state index in [4.69, 9.17) is 5.73 Å². The van der Waals surface area contributed by atoms with Gasteiger partial charge in [0.25, 0.3) is 0 Å². The van der Waals surface area contributed by atoms with E-state index in [1.165, 1.54) is 6.07 Å². The zero-order valence-electron chi connectivity index (χ0n) is 6.83. The van der Waals surface area contributed by atoms with Gasteiger partial charge in [0.15, 0.2) is 0 Å². The van der Waals surface area contributed by atoms with Crippen LogP contribution in [0.15, 0.2) is 16.6 Å². The highest BCUT2D eigenvalue weighted by molar-refractivity contribution is 14.1. The van der Waals surface area contributed by atoms with Crippen LogP contribution in [0.5, 0.6) is 0 Å². The number of alkyl halides is 3. The molecule has 1 aromatic rings. The van der Waals surface area contributed by atoms with E-state index in [-0.39, 0.29) is 10.1 Å². The number of hydrogen-bond donors (Lipinski definition) is 1. The van der Waals surface area contributed by atoms with Crippen LogP contribution in [0.2, 0.25) is 0 Å². The van der Waals surface area contributed by atoms with Crippen molar-refractivity contribution in [3.63, 3.8) is 0 Å². The third-order valence-corrected chi connectivity index (χ3v) is 3.29. The molecule has 0 aliphatic rings. The fourth-order valence-corrected chi connectivity index (χ4v) is 2.67. The number of benzene rings is 1. The number of hydrogen-bond acceptors (Lipinski definition) is 1. The van der Waals surface area contributed by atoms with Gasteiger partial charge in [-0.25, -0.2) is 0 Å². The summed E-state index contributed by atoms with van der Waals surface area (Å²) in [4.78, 5) is 0. The molecule has 2 N–H and O–H groups in total. The third-order valence-electron chi connectivity index (χ3n) is 1.66. The van der Waals surface area contributed by atoms with Crippen molar-refractivity contribution in [2.45, 2.75) is 12.7 Å². The van der Waals surface area contributed by atoms with E-state index in [2.05, 4.69) is 15.9 Å². The first kappa shape index (κ1) is 12.3. The minimum atomic E-state index is -4.32. The molecule has 1 nitrogen and oxygen atoms in total. The van der Waals surface area contributed by atoms with Crippen LogP contribution in [0.1, 0.15) is 11.1 Å². The molecule has 0 unspecified atom stereocenters. The van der Waals surface area contributed by atoms with Crippen LogP contribution in [0.3, 0.4) is 0 Å². The van der Waals surface area contributed by atoms with Crippen molar-refractivity contribution in [3.05, 3.63) is 31.3 Å². The average Bonchev–Trinajstić information content (AvgIpc) is 2.02. The standard InChI is InChI=1S/C8H6BrF3IN/c9-6-2-7(13)5(8(10,11)12)1-4(6)3-14/h1-2H,3,14H2. The maximum atomic E-state index is 12.4. The van der Waals surface area contributed by atoms with Crippen molar-refractivity contribution < 1.29 is 13.2 Å². The fraction of sp³-hybridized carbons (Fsp3) is 0.250. The van der Waals surface area contributed by atoms with E-state index >= 15 is 0 Å². The monoisotopic (exact) mass is 379 g/mol. The zero-order chi connectivity index (χ0) is 10.9. The summed E-state index contributed by atoms with van der Waals surface area (Å²) < 4.78 is 38.1. The zero-order valence-corrected chi connectivity index (χ0v) is 10.6. The molecule has 6 heteroatoms. The van der Waals surface area contributed by atoms with E-state index in [9.17, 15) is 13.2 Å². The van der Waals surface area contributed by atoms with Crippen molar-refractivity contribution >= 4 is 38.5 Å². The first-order chi connectivity index (χ1) is 6.36. The predicted octanol–water partition coefficient (Wildman–Crippen LogP) is 3.53. The summed E-state index contributed by atoms with van der Waals surface area (Å²) in [6.07, 6.45) is -4.32. The Kier molecular flexibility index (Phi) is 3.81. The fourth-order valence-electron chi connectivity index (χ4n) is 0.967. The number of rotatable bonds is 1. The van der Waals surface area contributed by atoms with Crippen LogP contribution >= 0.6 is 38.5 Å². The summed E-state index contributed by atoms with van der Waals surface area (Å²) in [7, 11) is 0.